The Labute approximate surface area is 133 Å². The maximum atomic E-state index is 14.0. The van der Waals surface area contributed by atoms with Crippen molar-refractivity contribution in [3.63, 3.8) is 0 Å². The van der Waals surface area contributed by atoms with Gasteiger partial charge in [0.2, 0.25) is 0 Å². The quantitative estimate of drug-likeness (QED) is 0.883. The first-order valence-electron chi connectivity index (χ1n) is 6.53. The van der Waals surface area contributed by atoms with Crippen LogP contribution in [0.25, 0.3) is 0 Å². The van der Waals surface area contributed by atoms with Gasteiger partial charge in [0.1, 0.15) is 5.82 Å². The van der Waals surface area contributed by atoms with Gasteiger partial charge in [-0.1, -0.05) is 35.3 Å². The minimum atomic E-state index is -0.984. The number of hydrogen-bond donors (Lipinski definition) is 2. The van der Waals surface area contributed by atoms with Crippen molar-refractivity contribution in [1.29, 1.82) is 0 Å². The average Bonchev–Trinajstić information content (AvgIpc) is 2.41. The third-order valence-electron chi connectivity index (χ3n) is 3.41. The van der Waals surface area contributed by atoms with Crippen LogP contribution in [0.5, 0.6) is 0 Å². The molecule has 0 fully saturated rings. The highest BCUT2D eigenvalue weighted by Crippen LogP contribution is 2.36. The van der Waals surface area contributed by atoms with Gasteiger partial charge in [0.05, 0.1) is 6.10 Å². The zero-order valence-electron chi connectivity index (χ0n) is 11.5. The predicted molar refractivity (Wildman–Crippen MR) is 84.4 cm³/mol. The second-order valence-corrected chi connectivity index (χ2v) is 5.83. The molecular formula is C16H16Cl2FNO. The van der Waals surface area contributed by atoms with E-state index in [0.717, 1.165) is 5.56 Å². The van der Waals surface area contributed by atoms with Crippen molar-refractivity contribution in [1.82, 2.24) is 0 Å². The third kappa shape index (κ3) is 3.55. The predicted octanol–water partition coefficient (Wildman–Crippen LogP) is 4.22. The van der Waals surface area contributed by atoms with Crippen molar-refractivity contribution in [2.45, 2.75) is 18.9 Å². The molecule has 21 heavy (non-hydrogen) atoms. The molecule has 2 unspecified atom stereocenters. The van der Waals surface area contributed by atoms with Crippen LogP contribution < -0.4 is 5.73 Å². The molecule has 0 aliphatic carbocycles. The number of halogens is 3. The van der Waals surface area contributed by atoms with E-state index in [0.29, 0.717) is 10.6 Å². The van der Waals surface area contributed by atoms with E-state index < -0.39 is 17.8 Å². The van der Waals surface area contributed by atoms with Crippen LogP contribution >= 0.6 is 23.2 Å². The summed E-state index contributed by atoms with van der Waals surface area (Å²) in [5.41, 5.74) is 7.47. The Morgan fingerprint density at radius 3 is 2.52 bits per heavy atom. The van der Waals surface area contributed by atoms with Gasteiger partial charge in [-0.15, -0.1) is 0 Å². The lowest BCUT2D eigenvalue weighted by Gasteiger charge is -2.24. The normalized spacial score (nSPS) is 14.0. The molecule has 2 aromatic rings. The van der Waals surface area contributed by atoms with Crippen LogP contribution in [0.3, 0.4) is 0 Å². The molecule has 0 heterocycles. The van der Waals surface area contributed by atoms with E-state index in [9.17, 15) is 9.50 Å². The average molecular weight is 328 g/mol. The molecule has 5 heteroatoms. The van der Waals surface area contributed by atoms with Crippen LogP contribution in [-0.2, 0) is 0 Å². The second kappa shape index (κ2) is 6.75. The largest absolute Gasteiger partial charge is 0.388 e. The zero-order chi connectivity index (χ0) is 15.6. The van der Waals surface area contributed by atoms with Crippen molar-refractivity contribution >= 4 is 23.2 Å². The van der Waals surface area contributed by atoms with Gasteiger partial charge in [-0.05, 0) is 42.3 Å². The fourth-order valence-electron chi connectivity index (χ4n) is 2.44. The first kappa shape index (κ1) is 16.2. The lowest BCUT2D eigenvalue weighted by molar-refractivity contribution is 0.145. The summed E-state index contributed by atoms with van der Waals surface area (Å²) in [6.07, 6.45) is -0.984. The summed E-state index contributed by atoms with van der Waals surface area (Å²) in [7, 11) is 0. The summed E-state index contributed by atoms with van der Waals surface area (Å²) in [4.78, 5) is 0. The van der Waals surface area contributed by atoms with Crippen molar-refractivity contribution in [3.05, 3.63) is 69.0 Å². The van der Waals surface area contributed by atoms with Crippen LogP contribution in [0, 0.1) is 12.7 Å². The molecule has 0 amide bonds. The molecule has 0 radical (unpaired) electrons. The van der Waals surface area contributed by atoms with E-state index in [2.05, 4.69) is 0 Å². The molecule has 2 aromatic carbocycles. The molecule has 0 saturated carbocycles. The molecular weight excluding hydrogens is 312 g/mol. The number of hydrogen-bond acceptors (Lipinski definition) is 2. The minimum Gasteiger partial charge on any atom is -0.388 e. The smallest absolute Gasteiger partial charge is 0.128 e. The number of aliphatic hydroxyl groups excluding tert-OH is 1. The molecule has 0 aliphatic rings. The monoisotopic (exact) mass is 327 g/mol. The van der Waals surface area contributed by atoms with Gasteiger partial charge in [0, 0.05) is 28.1 Å². The number of aliphatic hydroxyl groups is 1. The number of rotatable bonds is 4. The zero-order valence-corrected chi connectivity index (χ0v) is 13.0. The Morgan fingerprint density at radius 1 is 1.24 bits per heavy atom. The minimum absolute atomic E-state index is 0.0629. The van der Waals surface area contributed by atoms with Crippen molar-refractivity contribution in [3.8, 4) is 0 Å². The lowest BCUT2D eigenvalue weighted by Crippen LogP contribution is -2.21. The van der Waals surface area contributed by atoms with Gasteiger partial charge in [-0.25, -0.2) is 4.39 Å². The molecule has 0 bridgehead atoms. The first-order valence-corrected chi connectivity index (χ1v) is 7.28. The Bertz CT molecular complexity index is 608. The summed E-state index contributed by atoms with van der Waals surface area (Å²) in [5, 5.41) is 11.3. The van der Waals surface area contributed by atoms with E-state index in [1.54, 1.807) is 24.3 Å². The van der Waals surface area contributed by atoms with Crippen LogP contribution in [0.2, 0.25) is 10.0 Å². The topological polar surface area (TPSA) is 46.2 Å². The van der Waals surface area contributed by atoms with Gasteiger partial charge in [0.25, 0.3) is 0 Å². The van der Waals surface area contributed by atoms with E-state index in [1.165, 1.54) is 12.1 Å². The standard InChI is InChI=1S/C16H16Cl2FNO/c1-9-5-10(7-11(17)6-9)16(21)12(8-20)15-13(18)3-2-4-14(15)19/h2-7,12,16,21H,8,20H2,1H3. The fourth-order valence-corrected chi connectivity index (χ4v) is 3.04. The summed E-state index contributed by atoms with van der Waals surface area (Å²) >= 11 is 12.1. The maximum Gasteiger partial charge on any atom is 0.128 e. The Kier molecular flexibility index (Phi) is 5.22. The van der Waals surface area contributed by atoms with Gasteiger partial charge in [-0.2, -0.15) is 0 Å². The Hall–Kier alpha value is -1.13. The van der Waals surface area contributed by atoms with E-state index in [4.69, 9.17) is 28.9 Å². The van der Waals surface area contributed by atoms with Gasteiger partial charge in [-0.3, -0.25) is 0 Å². The Morgan fingerprint density at radius 2 is 1.95 bits per heavy atom. The van der Waals surface area contributed by atoms with Gasteiger partial charge < -0.3 is 10.8 Å². The SMILES string of the molecule is Cc1cc(Cl)cc(C(O)C(CN)c2c(F)cccc2Cl)c1. The van der Waals surface area contributed by atoms with Crippen molar-refractivity contribution in [2.24, 2.45) is 5.73 Å². The van der Waals surface area contributed by atoms with E-state index >= 15 is 0 Å². The van der Waals surface area contributed by atoms with Gasteiger partial charge >= 0.3 is 0 Å². The van der Waals surface area contributed by atoms with Gasteiger partial charge in [0.15, 0.2) is 0 Å². The summed E-state index contributed by atoms with van der Waals surface area (Å²) in [6, 6.07) is 9.64. The molecule has 3 N–H and O–H groups in total. The highest BCUT2D eigenvalue weighted by atomic mass is 35.5. The second-order valence-electron chi connectivity index (χ2n) is 4.98. The number of aryl methyl sites for hydroxylation is 1. The maximum absolute atomic E-state index is 14.0. The molecule has 2 nitrogen and oxygen atoms in total. The summed E-state index contributed by atoms with van der Waals surface area (Å²) in [5.74, 6) is -1.12. The number of nitrogens with two attached hydrogens (primary N) is 1. The molecule has 2 atom stereocenters. The molecule has 0 aliphatic heterocycles. The fraction of sp³-hybridized carbons (Fsp3) is 0.250. The van der Waals surface area contributed by atoms with E-state index in [-0.39, 0.29) is 17.1 Å². The molecule has 112 valence electrons. The molecule has 0 saturated heterocycles. The van der Waals surface area contributed by atoms with Crippen molar-refractivity contribution in [2.75, 3.05) is 6.54 Å². The summed E-state index contributed by atoms with van der Waals surface area (Å²) in [6.45, 7) is 1.93. The van der Waals surface area contributed by atoms with Crippen LogP contribution in [-0.4, -0.2) is 11.7 Å². The highest BCUT2D eigenvalue weighted by Gasteiger charge is 2.26. The molecule has 0 aromatic heterocycles. The molecule has 2 rings (SSSR count). The Balaban J connectivity index is 2.45. The third-order valence-corrected chi connectivity index (χ3v) is 3.96. The summed E-state index contributed by atoms with van der Waals surface area (Å²) < 4.78 is 14.0. The lowest BCUT2D eigenvalue weighted by atomic mass is 9.88. The van der Waals surface area contributed by atoms with Crippen molar-refractivity contribution < 1.29 is 9.50 Å². The van der Waals surface area contributed by atoms with Crippen LogP contribution in [0.4, 0.5) is 4.39 Å². The first-order chi connectivity index (χ1) is 9.93. The molecule has 0 spiro atoms. The highest BCUT2D eigenvalue weighted by molar-refractivity contribution is 6.31. The number of benzene rings is 2. The van der Waals surface area contributed by atoms with Crippen LogP contribution in [0.1, 0.15) is 28.7 Å². The van der Waals surface area contributed by atoms with Crippen LogP contribution in [0.15, 0.2) is 36.4 Å². The van der Waals surface area contributed by atoms with E-state index in [1.807, 2.05) is 6.92 Å².